The Morgan fingerprint density at radius 2 is 1.67 bits per heavy atom. The Balaban J connectivity index is 4.41. The van der Waals surface area contributed by atoms with E-state index in [1.54, 1.807) is 13.8 Å². The van der Waals surface area contributed by atoms with Crippen molar-refractivity contribution in [2.24, 2.45) is 0 Å². The van der Waals surface area contributed by atoms with Crippen LogP contribution >= 0.6 is 7.60 Å². The van der Waals surface area contributed by atoms with Crippen molar-refractivity contribution >= 4 is 19.0 Å². The molecule has 7 heteroatoms. The van der Waals surface area contributed by atoms with Gasteiger partial charge in [0.2, 0.25) is 5.91 Å². The maximum absolute atomic E-state index is 11.8. The number of rotatable bonds is 7. The maximum atomic E-state index is 11.8. The number of hydrogen-bond acceptors (Lipinski definition) is 5. The van der Waals surface area contributed by atoms with Gasteiger partial charge in [-0.2, -0.15) is 0 Å². The molecule has 0 saturated heterocycles. The summed E-state index contributed by atoms with van der Waals surface area (Å²) in [4.78, 5) is 22.0. The summed E-state index contributed by atoms with van der Waals surface area (Å²) < 4.78 is 21.4. The molecule has 1 amide bonds. The van der Waals surface area contributed by atoms with E-state index < -0.39 is 13.1 Å². The zero-order valence-corrected chi connectivity index (χ0v) is 10.0. The summed E-state index contributed by atoms with van der Waals surface area (Å²) >= 11 is 0. The number of carbonyl (C=O) groups excluding carboxylic acids is 2. The molecule has 0 rings (SSSR count). The normalized spacial score (nSPS) is 11.1. The second kappa shape index (κ2) is 6.71. The second-order valence-corrected chi connectivity index (χ2v) is 4.65. The Bertz CT molecular complexity index is 268. The fraction of sp³-hybridized carbons (Fsp3) is 0.750. The van der Waals surface area contributed by atoms with Crippen molar-refractivity contribution in [3.8, 4) is 0 Å². The predicted octanol–water partition coefficient (Wildman–Crippen LogP) is 0.915. The van der Waals surface area contributed by atoms with Gasteiger partial charge in [0.25, 0.3) is 5.52 Å². The van der Waals surface area contributed by atoms with Crippen molar-refractivity contribution in [3.05, 3.63) is 0 Å². The van der Waals surface area contributed by atoms with Crippen molar-refractivity contribution in [2.75, 3.05) is 19.8 Å². The molecule has 0 unspecified atom stereocenters. The van der Waals surface area contributed by atoms with Crippen LogP contribution in [0.2, 0.25) is 0 Å². The molecular formula is C8H16NO5P. The van der Waals surface area contributed by atoms with Crippen LogP contribution in [0, 0.1) is 0 Å². The van der Waals surface area contributed by atoms with E-state index >= 15 is 0 Å². The van der Waals surface area contributed by atoms with Gasteiger partial charge < -0.3 is 14.4 Å². The van der Waals surface area contributed by atoms with E-state index in [2.05, 4.69) is 5.32 Å². The lowest BCUT2D eigenvalue weighted by atomic mass is 10.6. The number of amides is 1. The van der Waals surface area contributed by atoms with E-state index in [4.69, 9.17) is 9.05 Å². The molecule has 0 heterocycles. The molecule has 1 N–H and O–H groups in total. The average molecular weight is 237 g/mol. The van der Waals surface area contributed by atoms with Gasteiger partial charge in [-0.25, -0.2) is 0 Å². The Hall–Kier alpha value is -0.710. The third kappa shape index (κ3) is 5.06. The highest BCUT2D eigenvalue weighted by Gasteiger charge is 2.33. The monoisotopic (exact) mass is 237 g/mol. The lowest BCUT2D eigenvalue weighted by Crippen LogP contribution is -2.28. The number of carbonyl (C=O) groups is 2. The molecule has 0 bridgehead atoms. The first-order valence-electron chi connectivity index (χ1n) is 4.63. The fourth-order valence-corrected chi connectivity index (χ4v) is 2.13. The largest absolute Gasteiger partial charge is 0.398 e. The lowest BCUT2D eigenvalue weighted by Gasteiger charge is -2.15. The van der Waals surface area contributed by atoms with Crippen LogP contribution in [0.1, 0.15) is 20.8 Å². The minimum Gasteiger partial charge on any atom is -0.349 e. The molecule has 0 aromatic heterocycles. The molecule has 0 fully saturated rings. The summed E-state index contributed by atoms with van der Waals surface area (Å²) in [6.07, 6.45) is 0. The average Bonchev–Trinajstić information content (AvgIpc) is 2.14. The van der Waals surface area contributed by atoms with E-state index in [1.165, 1.54) is 6.92 Å². The van der Waals surface area contributed by atoms with Gasteiger partial charge in [0.05, 0.1) is 19.8 Å². The topological polar surface area (TPSA) is 81.7 Å². The van der Waals surface area contributed by atoms with Gasteiger partial charge in [-0.15, -0.1) is 0 Å². The quantitative estimate of drug-likeness (QED) is 0.665. The zero-order chi connectivity index (χ0) is 11.9. The van der Waals surface area contributed by atoms with Crippen molar-refractivity contribution < 1.29 is 23.2 Å². The Morgan fingerprint density at radius 1 is 1.20 bits per heavy atom. The van der Waals surface area contributed by atoms with Gasteiger partial charge in [0.15, 0.2) is 0 Å². The minimum atomic E-state index is -3.72. The number of hydrogen-bond donors (Lipinski definition) is 1. The smallest absolute Gasteiger partial charge is 0.349 e. The van der Waals surface area contributed by atoms with Crippen LogP contribution in [-0.4, -0.2) is 31.2 Å². The Morgan fingerprint density at radius 3 is 2.00 bits per heavy atom. The summed E-state index contributed by atoms with van der Waals surface area (Å²) in [7, 11) is -3.72. The summed E-state index contributed by atoms with van der Waals surface area (Å²) in [5, 5.41) is 2.25. The minimum absolute atomic E-state index is 0.114. The molecule has 0 spiro atoms. The first kappa shape index (κ1) is 14.3. The SMILES string of the molecule is CCOP(=O)(OCC)C(=O)CNC(C)=O. The van der Waals surface area contributed by atoms with Gasteiger partial charge in [0.1, 0.15) is 0 Å². The highest BCUT2D eigenvalue weighted by Crippen LogP contribution is 2.48. The molecule has 0 saturated carbocycles. The zero-order valence-electron chi connectivity index (χ0n) is 9.11. The van der Waals surface area contributed by atoms with E-state index in [9.17, 15) is 14.2 Å². The molecule has 88 valence electrons. The summed E-state index contributed by atoms with van der Waals surface area (Å²) in [6.45, 7) is 4.37. The molecular weight excluding hydrogens is 221 g/mol. The van der Waals surface area contributed by atoms with Crippen molar-refractivity contribution in [1.29, 1.82) is 0 Å². The molecule has 0 aliphatic rings. The molecule has 6 nitrogen and oxygen atoms in total. The van der Waals surface area contributed by atoms with E-state index in [0.29, 0.717) is 0 Å². The van der Waals surface area contributed by atoms with Crippen molar-refractivity contribution in [2.45, 2.75) is 20.8 Å². The first-order chi connectivity index (χ1) is 6.96. The summed E-state index contributed by atoms with van der Waals surface area (Å²) in [5.41, 5.74) is -0.735. The van der Waals surface area contributed by atoms with Crippen LogP contribution in [0.3, 0.4) is 0 Å². The van der Waals surface area contributed by atoms with Gasteiger partial charge in [-0.3, -0.25) is 14.2 Å². The summed E-state index contributed by atoms with van der Waals surface area (Å²) in [6, 6.07) is 0. The van der Waals surface area contributed by atoms with Gasteiger partial charge in [-0.1, -0.05) is 0 Å². The van der Waals surface area contributed by atoms with Crippen LogP contribution in [0.15, 0.2) is 0 Å². The molecule has 0 aliphatic carbocycles. The van der Waals surface area contributed by atoms with Gasteiger partial charge in [0, 0.05) is 6.92 Å². The summed E-state index contributed by atoms with van der Waals surface area (Å²) in [5.74, 6) is -0.372. The first-order valence-corrected chi connectivity index (χ1v) is 6.17. The van der Waals surface area contributed by atoms with Crippen molar-refractivity contribution in [1.82, 2.24) is 5.32 Å². The van der Waals surface area contributed by atoms with E-state index in [-0.39, 0.29) is 25.7 Å². The van der Waals surface area contributed by atoms with E-state index in [0.717, 1.165) is 0 Å². The molecule has 0 aromatic carbocycles. The molecule has 0 aromatic rings. The van der Waals surface area contributed by atoms with Crippen LogP contribution in [-0.2, 0) is 23.2 Å². The maximum Gasteiger partial charge on any atom is 0.398 e. The van der Waals surface area contributed by atoms with Crippen molar-refractivity contribution in [3.63, 3.8) is 0 Å². The van der Waals surface area contributed by atoms with Crippen LogP contribution in [0.5, 0.6) is 0 Å². The second-order valence-electron chi connectivity index (χ2n) is 2.64. The van der Waals surface area contributed by atoms with Crippen LogP contribution in [0.25, 0.3) is 0 Å². The third-order valence-corrected chi connectivity index (χ3v) is 3.36. The predicted molar refractivity (Wildman–Crippen MR) is 54.5 cm³/mol. The van der Waals surface area contributed by atoms with Gasteiger partial charge in [-0.05, 0) is 13.8 Å². The highest BCUT2D eigenvalue weighted by atomic mass is 31.2. The van der Waals surface area contributed by atoms with Gasteiger partial charge >= 0.3 is 7.60 Å². The molecule has 0 radical (unpaired) electrons. The third-order valence-electron chi connectivity index (χ3n) is 1.39. The number of nitrogens with one attached hydrogen (secondary N) is 1. The lowest BCUT2D eigenvalue weighted by molar-refractivity contribution is -0.121. The van der Waals surface area contributed by atoms with Crippen LogP contribution in [0.4, 0.5) is 0 Å². The van der Waals surface area contributed by atoms with E-state index in [1.807, 2.05) is 0 Å². The highest BCUT2D eigenvalue weighted by molar-refractivity contribution is 7.71. The fourth-order valence-electron chi connectivity index (χ4n) is 0.818. The van der Waals surface area contributed by atoms with Crippen LogP contribution < -0.4 is 5.32 Å². The molecule has 15 heavy (non-hydrogen) atoms. The molecule has 0 atom stereocenters. The standard InChI is InChI=1S/C8H16NO5P/c1-4-13-15(12,14-5-2)8(11)6-9-7(3)10/h4-6H2,1-3H3,(H,9,10). The Kier molecular flexibility index (Phi) is 6.40. The molecule has 0 aliphatic heterocycles. The Labute approximate surface area is 88.9 Å².